The monoisotopic (exact) mass is 290 g/mol. The largest absolute Gasteiger partial charge is 0.497 e. The van der Waals surface area contributed by atoms with Crippen molar-refractivity contribution in [2.75, 3.05) is 19.0 Å². The number of nitrogens with two attached hydrogens (primary N) is 1. The molecule has 2 amide bonds. The zero-order chi connectivity index (χ0) is 15.2. The van der Waals surface area contributed by atoms with Crippen LogP contribution in [0.2, 0.25) is 0 Å². The molecule has 0 unspecified atom stereocenters. The Morgan fingerprint density at radius 2 is 2.00 bits per heavy atom. The second kappa shape index (κ2) is 6.97. The van der Waals surface area contributed by atoms with Gasteiger partial charge in [-0.15, -0.1) is 0 Å². The Hall–Kier alpha value is -2.24. The average Bonchev–Trinajstić information content (AvgIpc) is 2.99. The number of methoxy groups -OCH3 is 1. The quantitative estimate of drug-likeness (QED) is 0.574. The molecule has 0 radical (unpaired) electrons. The van der Waals surface area contributed by atoms with Crippen LogP contribution in [0.1, 0.15) is 25.7 Å². The van der Waals surface area contributed by atoms with E-state index >= 15 is 0 Å². The van der Waals surface area contributed by atoms with E-state index in [0.29, 0.717) is 5.69 Å². The normalized spacial score (nSPS) is 14.7. The van der Waals surface area contributed by atoms with Crippen molar-refractivity contribution < 1.29 is 9.53 Å². The van der Waals surface area contributed by atoms with E-state index < -0.39 is 0 Å². The van der Waals surface area contributed by atoms with Crippen LogP contribution in [0.25, 0.3) is 0 Å². The number of urea groups is 1. The van der Waals surface area contributed by atoms with Crippen LogP contribution in [0.5, 0.6) is 5.75 Å². The minimum atomic E-state index is -0.206. The zero-order valence-corrected chi connectivity index (χ0v) is 12.3. The second-order valence-electron chi connectivity index (χ2n) is 5.25. The second-order valence-corrected chi connectivity index (χ2v) is 5.25. The number of ether oxygens (including phenoxy) is 1. The lowest BCUT2D eigenvalue weighted by atomic mass is 10.2. The SMILES string of the molecule is COc1ccc(NC(=O)N(CC(=N)N)C2CCCC2)cc1. The molecular weight excluding hydrogens is 268 g/mol. The summed E-state index contributed by atoms with van der Waals surface area (Å²) in [6.07, 6.45) is 4.19. The minimum absolute atomic E-state index is 0.00628. The van der Waals surface area contributed by atoms with Crippen LogP contribution in [-0.4, -0.2) is 36.5 Å². The number of amidine groups is 1. The molecule has 0 aromatic heterocycles. The Morgan fingerprint density at radius 3 is 2.52 bits per heavy atom. The van der Waals surface area contributed by atoms with Crippen molar-refractivity contribution in [2.24, 2.45) is 5.73 Å². The number of hydrogen-bond acceptors (Lipinski definition) is 3. The van der Waals surface area contributed by atoms with Gasteiger partial charge in [0.2, 0.25) is 0 Å². The fourth-order valence-corrected chi connectivity index (χ4v) is 2.64. The van der Waals surface area contributed by atoms with Gasteiger partial charge in [-0.05, 0) is 37.1 Å². The van der Waals surface area contributed by atoms with Gasteiger partial charge in [-0.2, -0.15) is 0 Å². The lowest BCUT2D eigenvalue weighted by molar-refractivity contribution is 0.198. The third kappa shape index (κ3) is 4.11. The molecule has 1 saturated carbocycles. The van der Waals surface area contributed by atoms with Gasteiger partial charge in [-0.1, -0.05) is 12.8 Å². The van der Waals surface area contributed by atoms with Crippen molar-refractivity contribution in [3.05, 3.63) is 24.3 Å². The molecule has 6 nitrogen and oxygen atoms in total. The standard InChI is InChI=1S/C15H22N4O2/c1-21-13-8-6-11(7-9-13)18-15(20)19(10-14(16)17)12-4-2-3-5-12/h6-9,12H,2-5,10H2,1H3,(H3,16,17)(H,18,20). The van der Waals surface area contributed by atoms with E-state index in [4.69, 9.17) is 15.9 Å². The van der Waals surface area contributed by atoms with Crippen molar-refractivity contribution in [1.82, 2.24) is 4.90 Å². The molecule has 1 aromatic carbocycles. The number of carbonyl (C=O) groups is 1. The summed E-state index contributed by atoms with van der Waals surface area (Å²) < 4.78 is 5.09. The van der Waals surface area contributed by atoms with E-state index in [9.17, 15) is 4.79 Å². The molecular formula is C15H22N4O2. The summed E-state index contributed by atoms with van der Waals surface area (Å²) in [4.78, 5) is 14.1. The van der Waals surface area contributed by atoms with Crippen LogP contribution in [0, 0.1) is 5.41 Å². The lowest BCUT2D eigenvalue weighted by Gasteiger charge is -2.28. The Bertz CT molecular complexity index is 495. The van der Waals surface area contributed by atoms with Crippen molar-refractivity contribution >= 4 is 17.6 Å². The number of nitrogens with zero attached hydrogens (tertiary/aromatic N) is 1. The molecule has 0 bridgehead atoms. The van der Waals surface area contributed by atoms with E-state index in [2.05, 4.69) is 5.32 Å². The highest BCUT2D eigenvalue weighted by atomic mass is 16.5. The van der Waals surface area contributed by atoms with Crippen LogP contribution in [0.3, 0.4) is 0 Å². The molecule has 1 aliphatic carbocycles. The van der Waals surface area contributed by atoms with E-state index in [0.717, 1.165) is 31.4 Å². The first-order valence-electron chi connectivity index (χ1n) is 7.14. The third-order valence-corrected chi connectivity index (χ3v) is 3.71. The zero-order valence-electron chi connectivity index (χ0n) is 12.3. The fraction of sp³-hybridized carbons (Fsp3) is 0.467. The molecule has 1 fully saturated rings. The molecule has 1 aromatic rings. The van der Waals surface area contributed by atoms with Gasteiger partial charge in [0, 0.05) is 11.7 Å². The predicted molar refractivity (Wildman–Crippen MR) is 82.9 cm³/mol. The summed E-state index contributed by atoms with van der Waals surface area (Å²) in [5, 5.41) is 10.3. The van der Waals surface area contributed by atoms with Gasteiger partial charge >= 0.3 is 6.03 Å². The van der Waals surface area contributed by atoms with Gasteiger partial charge in [-0.25, -0.2) is 4.79 Å². The number of rotatable bonds is 5. The maximum absolute atomic E-state index is 12.4. The summed E-state index contributed by atoms with van der Waals surface area (Å²) in [7, 11) is 1.60. The van der Waals surface area contributed by atoms with Gasteiger partial charge in [-0.3, -0.25) is 5.41 Å². The van der Waals surface area contributed by atoms with Crippen LogP contribution in [-0.2, 0) is 0 Å². The molecule has 21 heavy (non-hydrogen) atoms. The van der Waals surface area contributed by atoms with Gasteiger partial charge in [0.1, 0.15) is 11.6 Å². The Labute approximate surface area is 124 Å². The van der Waals surface area contributed by atoms with E-state index in [-0.39, 0.29) is 24.5 Å². The van der Waals surface area contributed by atoms with Gasteiger partial charge < -0.3 is 20.7 Å². The molecule has 1 aliphatic rings. The highest BCUT2D eigenvalue weighted by Crippen LogP contribution is 2.24. The number of hydrogen-bond donors (Lipinski definition) is 3. The first-order valence-corrected chi connectivity index (χ1v) is 7.14. The molecule has 0 spiro atoms. The van der Waals surface area contributed by atoms with E-state index in [1.807, 2.05) is 0 Å². The lowest BCUT2D eigenvalue weighted by Crippen LogP contribution is -2.46. The van der Waals surface area contributed by atoms with Crippen molar-refractivity contribution in [3.8, 4) is 5.75 Å². The van der Waals surface area contributed by atoms with Gasteiger partial charge in [0.25, 0.3) is 0 Å². The topological polar surface area (TPSA) is 91.4 Å². The Kier molecular flexibility index (Phi) is 5.03. The molecule has 0 heterocycles. The van der Waals surface area contributed by atoms with Crippen molar-refractivity contribution in [1.29, 1.82) is 5.41 Å². The molecule has 6 heteroatoms. The number of anilines is 1. The number of carbonyl (C=O) groups excluding carboxylic acids is 1. The molecule has 0 atom stereocenters. The summed E-state index contributed by atoms with van der Waals surface area (Å²) in [5.41, 5.74) is 6.18. The van der Waals surface area contributed by atoms with Crippen LogP contribution < -0.4 is 15.8 Å². The summed E-state index contributed by atoms with van der Waals surface area (Å²) in [6, 6.07) is 7.13. The van der Waals surface area contributed by atoms with Crippen LogP contribution >= 0.6 is 0 Å². The first-order chi connectivity index (χ1) is 10.1. The van der Waals surface area contributed by atoms with Gasteiger partial charge in [0.05, 0.1) is 13.7 Å². The molecule has 114 valence electrons. The highest BCUT2D eigenvalue weighted by Gasteiger charge is 2.27. The summed E-state index contributed by atoms with van der Waals surface area (Å²) in [6.45, 7) is 0.173. The number of amides is 2. The minimum Gasteiger partial charge on any atom is -0.497 e. The Morgan fingerprint density at radius 1 is 1.38 bits per heavy atom. The third-order valence-electron chi connectivity index (χ3n) is 3.71. The van der Waals surface area contributed by atoms with E-state index in [1.54, 1.807) is 36.3 Å². The van der Waals surface area contributed by atoms with Crippen LogP contribution in [0.15, 0.2) is 24.3 Å². The molecule has 0 aliphatic heterocycles. The van der Waals surface area contributed by atoms with Crippen molar-refractivity contribution in [2.45, 2.75) is 31.7 Å². The van der Waals surface area contributed by atoms with Crippen molar-refractivity contribution in [3.63, 3.8) is 0 Å². The summed E-state index contributed by atoms with van der Waals surface area (Å²) in [5.74, 6) is 0.746. The first kappa shape index (κ1) is 15.2. The maximum atomic E-state index is 12.4. The fourth-order valence-electron chi connectivity index (χ4n) is 2.64. The number of nitrogens with one attached hydrogen (secondary N) is 2. The maximum Gasteiger partial charge on any atom is 0.322 e. The highest BCUT2D eigenvalue weighted by molar-refractivity contribution is 5.92. The Balaban J connectivity index is 2.04. The predicted octanol–water partition coefficient (Wildman–Crippen LogP) is 2.41. The van der Waals surface area contributed by atoms with Crippen LogP contribution in [0.4, 0.5) is 10.5 Å². The average molecular weight is 290 g/mol. The molecule has 0 saturated heterocycles. The van der Waals surface area contributed by atoms with Gasteiger partial charge in [0.15, 0.2) is 0 Å². The summed E-state index contributed by atoms with van der Waals surface area (Å²) >= 11 is 0. The van der Waals surface area contributed by atoms with E-state index in [1.165, 1.54) is 0 Å². The smallest absolute Gasteiger partial charge is 0.322 e. The number of benzene rings is 1. The molecule has 4 N–H and O–H groups in total. The molecule has 2 rings (SSSR count).